The van der Waals surface area contributed by atoms with Gasteiger partial charge in [-0.2, -0.15) is 5.26 Å². The summed E-state index contributed by atoms with van der Waals surface area (Å²) in [5.41, 5.74) is 4.46. The summed E-state index contributed by atoms with van der Waals surface area (Å²) < 4.78 is 0. The Bertz CT molecular complexity index is 667. The molecule has 0 unspecified atom stereocenters. The van der Waals surface area contributed by atoms with Crippen LogP contribution in [0.1, 0.15) is 83.5 Å². The Morgan fingerprint density at radius 3 is 2.25 bits per heavy atom. The van der Waals surface area contributed by atoms with Crippen molar-refractivity contribution >= 4 is 11.9 Å². The van der Waals surface area contributed by atoms with Crippen molar-refractivity contribution in [2.45, 2.75) is 89.0 Å². The predicted octanol–water partition coefficient (Wildman–Crippen LogP) is 3.46. The Morgan fingerprint density at radius 2 is 1.68 bits per heavy atom. The Morgan fingerprint density at radius 1 is 1.00 bits per heavy atom. The van der Waals surface area contributed by atoms with Crippen LogP contribution in [0.5, 0.6) is 0 Å². The van der Waals surface area contributed by atoms with Crippen LogP contribution in [-0.4, -0.2) is 35.5 Å². The quantitative estimate of drug-likeness (QED) is 0.774. The first-order valence-corrected chi connectivity index (χ1v) is 11.2. The van der Waals surface area contributed by atoms with Gasteiger partial charge in [-0.25, -0.2) is 4.79 Å². The molecule has 1 atom stereocenters. The van der Waals surface area contributed by atoms with E-state index in [1.54, 1.807) is 4.90 Å². The second-order valence-electron chi connectivity index (χ2n) is 9.90. The largest absolute Gasteiger partial charge is 0.351 e. The first-order valence-electron chi connectivity index (χ1n) is 11.2. The van der Waals surface area contributed by atoms with E-state index in [0.29, 0.717) is 19.0 Å². The van der Waals surface area contributed by atoms with Gasteiger partial charge in [0.05, 0.1) is 11.5 Å². The van der Waals surface area contributed by atoms with Crippen molar-refractivity contribution in [3.63, 3.8) is 0 Å². The molecule has 6 heteroatoms. The molecule has 0 radical (unpaired) electrons. The summed E-state index contributed by atoms with van der Waals surface area (Å²) in [5, 5.41) is 12.7. The Labute approximate surface area is 168 Å². The summed E-state index contributed by atoms with van der Waals surface area (Å²) >= 11 is 0. The number of nitrogens with one attached hydrogen (secondary N) is 1. The Balaban J connectivity index is 1.61. The molecule has 0 aromatic rings. The average Bonchev–Trinajstić information content (AvgIpc) is 3.40. The SMILES string of the molecule is N#CC1(NC(=O)[C@]2(CC3CCCCC3)CCCC23CCN(C(N)=O)CC3)CC1. The number of nitrogens with two attached hydrogens (primary N) is 1. The summed E-state index contributed by atoms with van der Waals surface area (Å²) in [6, 6.07) is 1.99. The number of carbonyl (C=O) groups excluding carboxylic acids is 2. The van der Waals surface area contributed by atoms with E-state index >= 15 is 0 Å². The van der Waals surface area contributed by atoms with E-state index in [1.165, 1.54) is 32.1 Å². The number of nitriles is 1. The van der Waals surface area contributed by atoms with Gasteiger partial charge in [-0.1, -0.05) is 38.5 Å². The summed E-state index contributed by atoms with van der Waals surface area (Å²) in [6.07, 6.45) is 13.6. The van der Waals surface area contributed by atoms with E-state index in [0.717, 1.165) is 51.4 Å². The summed E-state index contributed by atoms with van der Waals surface area (Å²) in [6.45, 7) is 1.30. The minimum Gasteiger partial charge on any atom is -0.351 e. The minimum absolute atomic E-state index is 0.0496. The molecule has 6 nitrogen and oxygen atoms in total. The van der Waals surface area contributed by atoms with Crippen molar-refractivity contribution in [3.8, 4) is 6.07 Å². The van der Waals surface area contributed by atoms with Gasteiger partial charge in [0.15, 0.2) is 0 Å². The normalized spacial score (nSPS) is 31.3. The fraction of sp³-hybridized carbons (Fsp3) is 0.864. The van der Waals surface area contributed by atoms with Crippen LogP contribution in [0.2, 0.25) is 0 Å². The van der Waals surface area contributed by atoms with E-state index < -0.39 is 5.54 Å². The number of urea groups is 1. The van der Waals surface area contributed by atoms with E-state index in [4.69, 9.17) is 5.73 Å². The maximum absolute atomic E-state index is 13.8. The highest BCUT2D eigenvalue weighted by Crippen LogP contribution is 2.62. The third-order valence-electron chi connectivity index (χ3n) is 8.42. The lowest BCUT2D eigenvalue weighted by atomic mass is 9.56. The Hall–Kier alpha value is -1.77. The summed E-state index contributed by atoms with van der Waals surface area (Å²) in [5.74, 6) is 0.739. The maximum Gasteiger partial charge on any atom is 0.314 e. The maximum atomic E-state index is 13.8. The van der Waals surface area contributed by atoms with Gasteiger partial charge in [0, 0.05) is 13.1 Å². The van der Waals surface area contributed by atoms with Crippen LogP contribution in [0, 0.1) is 28.1 Å². The molecule has 3 N–H and O–H groups in total. The van der Waals surface area contributed by atoms with E-state index in [2.05, 4.69) is 11.4 Å². The molecule has 3 saturated carbocycles. The summed E-state index contributed by atoms with van der Waals surface area (Å²) in [4.78, 5) is 27.1. The molecule has 3 amide bonds. The molecule has 28 heavy (non-hydrogen) atoms. The van der Waals surface area contributed by atoms with Crippen LogP contribution in [0.25, 0.3) is 0 Å². The highest BCUT2D eigenvalue weighted by molar-refractivity contribution is 5.85. The minimum atomic E-state index is -0.617. The van der Waals surface area contributed by atoms with Gasteiger partial charge in [0.2, 0.25) is 5.91 Å². The topological polar surface area (TPSA) is 99.2 Å². The van der Waals surface area contributed by atoms with Gasteiger partial charge in [0.1, 0.15) is 5.54 Å². The van der Waals surface area contributed by atoms with Gasteiger partial charge in [0.25, 0.3) is 0 Å². The number of primary amides is 1. The number of rotatable bonds is 4. The molecular weight excluding hydrogens is 352 g/mol. The van der Waals surface area contributed by atoms with Gasteiger partial charge >= 0.3 is 6.03 Å². The molecule has 4 aliphatic rings. The lowest BCUT2D eigenvalue weighted by Gasteiger charge is -2.51. The van der Waals surface area contributed by atoms with E-state index in [1.807, 2.05) is 0 Å². The van der Waals surface area contributed by atoms with Crippen molar-refractivity contribution in [1.29, 1.82) is 5.26 Å². The van der Waals surface area contributed by atoms with Crippen molar-refractivity contribution in [2.24, 2.45) is 22.5 Å². The molecule has 0 aromatic carbocycles. The molecule has 4 fully saturated rings. The highest BCUT2D eigenvalue weighted by atomic mass is 16.2. The van der Waals surface area contributed by atoms with Crippen LogP contribution in [0.15, 0.2) is 0 Å². The number of carbonyl (C=O) groups is 2. The molecule has 1 spiro atoms. The number of piperidine rings is 1. The lowest BCUT2D eigenvalue weighted by molar-refractivity contribution is -0.143. The average molecular weight is 387 g/mol. The first kappa shape index (κ1) is 19.5. The number of nitrogens with zero attached hydrogens (tertiary/aromatic N) is 2. The third-order valence-corrected chi connectivity index (χ3v) is 8.42. The van der Waals surface area contributed by atoms with Gasteiger partial charge in [-0.3, -0.25) is 4.79 Å². The zero-order valence-electron chi connectivity index (χ0n) is 17.0. The lowest BCUT2D eigenvalue weighted by Crippen LogP contribution is -2.57. The molecule has 0 bridgehead atoms. The second-order valence-corrected chi connectivity index (χ2v) is 9.90. The van der Waals surface area contributed by atoms with E-state index in [-0.39, 0.29) is 22.8 Å². The van der Waals surface area contributed by atoms with Crippen LogP contribution >= 0.6 is 0 Å². The number of hydrogen-bond acceptors (Lipinski definition) is 3. The second kappa shape index (κ2) is 7.24. The molecule has 0 aromatic heterocycles. The monoisotopic (exact) mass is 386 g/mol. The molecule has 4 rings (SSSR count). The van der Waals surface area contributed by atoms with Crippen molar-refractivity contribution in [3.05, 3.63) is 0 Å². The smallest absolute Gasteiger partial charge is 0.314 e. The zero-order valence-corrected chi connectivity index (χ0v) is 17.0. The first-order chi connectivity index (χ1) is 13.4. The third kappa shape index (κ3) is 3.27. The van der Waals surface area contributed by atoms with Crippen LogP contribution < -0.4 is 11.1 Å². The number of hydrogen-bond donors (Lipinski definition) is 2. The highest BCUT2D eigenvalue weighted by Gasteiger charge is 2.61. The van der Waals surface area contributed by atoms with Crippen molar-refractivity contribution in [1.82, 2.24) is 10.2 Å². The Kier molecular flexibility index (Phi) is 5.05. The zero-order chi connectivity index (χ0) is 19.8. The molecule has 1 saturated heterocycles. The predicted molar refractivity (Wildman–Crippen MR) is 106 cm³/mol. The van der Waals surface area contributed by atoms with Crippen molar-refractivity contribution < 1.29 is 9.59 Å². The van der Waals surface area contributed by atoms with Crippen LogP contribution in [0.3, 0.4) is 0 Å². The standard InChI is InChI=1S/C22H34N4O2/c23-16-21(9-10-21)25-18(27)22(15-17-5-2-1-3-6-17)8-4-7-20(22)11-13-26(14-12-20)19(24)28/h17H,1-15H2,(H2,24,28)(H,25,27)/t22-/m1/s1. The van der Waals surface area contributed by atoms with Crippen molar-refractivity contribution in [2.75, 3.05) is 13.1 Å². The number of likely N-dealkylation sites (tertiary alicyclic amines) is 1. The molecule has 1 heterocycles. The number of amides is 3. The van der Waals surface area contributed by atoms with Gasteiger partial charge < -0.3 is 16.0 Å². The molecule has 1 aliphatic heterocycles. The summed E-state index contributed by atoms with van der Waals surface area (Å²) in [7, 11) is 0. The fourth-order valence-corrected chi connectivity index (χ4v) is 6.49. The molecular formula is C22H34N4O2. The van der Waals surface area contributed by atoms with Crippen LogP contribution in [0.4, 0.5) is 4.79 Å². The van der Waals surface area contributed by atoms with Gasteiger partial charge in [-0.05, 0) is 56.3 Å². The van der Waals surface area contributed by atoms with Crippen LogP contribution in [-0.2, 0) is 4.79 Å². The molecule has 154 valence electrons. The molecule has 3 aliphatic carbocycles. The van der Waals surface area contributed by atoms with Gasteiger partial charge in [-0.15, -0.1) is 0 Å². The fourth-order valence-electron chi connectivity index (χ4n) is 6.49. The van der Waals surface area contributed by atoms with E-state index in [9.17, 15) is 14.9 Å².